The highest BCUT2D eigenvalue weighted by Gasteiger charge is 2.31. The summed E-state index contributed by atoms with van der Waals surface area (Å²) in [5, 5.41) is 21.1. The van der Waals surface area contributed by atoms with Gasteiger partial charge in [0.05, 0.1) is 34.8 Å². The number of nitro benzene ring substituents is 1. The summed E-state index contributed by atoms with van der Waals surface area (Å²) in [6.45, 7) is 2.98. The molecule has 1 heterocycles. The Labute approximate surface area is 175 Å². The molecule has 30 heavy (non-hydrogen) atoms. The van der Waals surface area contributed by atoms with Crippen LogP contribution in [0.4, 0.5) is 17.1 Å². The van der Waals surface area contributed by atoms with Gasteiger partial charge in [0.2, 0.25) is 0 Å². The number of benzene rings is 2. The maximum atomic E-state index is 13.2. The third kappa shape index (κ3) is 4.40. The van der Waals surface area contributed by atoms with Gasteiger partial charge in [-0.25, -0.2) is 8.42 Å². The summed E-state index contributed by atoms with van der Waals surface area (Å²) in [4.78, 5) is 12.9. The van der Waals surface area contributed by atoms with Crippen molar-refractivity contribution in [2.45, 2.75) is 24.3 Å². The number of nitro groups is 1. The minimum atomic E-state index is -3.99. The Hall–Kier alpha value is -2.69. The SMILES string of the molecule is CCN(c1ccccc1)S(=O)(=O)c1ccc(N2CCOC[C@@H]2CCO)c([N+](=O)[O-])c1. The zero-order chi connectivity index (χ0) is 21.7. The number of sulfonamides is 1. The van der Waals surface area contributed by atoms with Crippen LogP contribution >= 0.6 is 0 Å². The lowest BCUT2D eigenvalue weighted by atomic mass is 10.1. The van der Waals surface area contributed by atoms with Crippen molar-refractivity contribution >= 4 is 27.1 Å². The third-order valence-corrected chi connectivity index (χ3v) is 6.96. The van der Waals surface area contributed by atoms with Crippen molar-refractivity contribution < 1.29 is 23.2 Å². The van der Waals surface area contributed by atoms with Crippen molar-refractivity contribution in [2.75, 3.05) is 42.1 Å². The van der Waals surface area contributed by atoms with E-state index in [1.54, 1.807) is 37.3 Å². The average molecular weight is 436 g/mol. The molecule has 1 aliphatic heterocycles. The molecule has 1 fully saturated rings. The molecule has 0 amide bonds. The minimum absolute atomic E-state index is 0.0761. The molecule has 0 aliphatic carbocycles. The van der Waals surface area contributed by atoms with Gasteiger partial charge in [0.15, 0.2) is 0 Å². The number of ether oxygens (including phenoxy) is 1. The van der Waals surface area contributed by atoms with Gasteiger partial charge in [0.1, 0.15) is 5.69 Å². The Morgan fingerprint density at radius 1 is 1.27 bits per heavy atom. The molecule has 2 aromatic carbocycles. The molecule has 0 unspecified atom stereocenters. The van der Waals surface area contributed by atoms with Crippen LogP contribution in [0.3, 0.4) is 0 Å². The second kappa shape index (κ2) is 9.41. The number of para-hydroxylation sites is 1. The van der Waals surface area contributed by atoms with Crippen LogP contribution in [0.15, 0.2) is 53.4 Å². The van der Waals surface area contributed by atoms with E-state index < -0.39 is 14.9 Å². The molecule has 9 nitrogen and oxygen atoms in total. The average Bonchev–Trinajstić information content (AvgIpc) is 2.75. The van der Waals surface area contributed by atoms with Gasteiger partial charge in [0, 0.05) is 25.8 Å². The van der Waals surface area contributed by atoms with Gasteiger partial charge in [0.25, 0.3) is 15.7 Å². The molecule has 3 rings (SSSR count). The van der Waals surface area contributed by atoms with Gasteiger partial charge >= 0.3 is 0 Å². The Balaban J connectivity index is 2.03. The summed E-state index contributed by atoms with van der Waals surface area (Å²) in [6, 6.07) is 12.4. The van der Waals surface area contributed by atoms with Crippen molar-refractivity contribution in [1.82, 2.24) is 0 Å². The molecule has 10 heteroatoms. The summed E-state index contributed by atoms with van der Waals surface area (Å²) in [6.07, 6.45) is 0.398. The molecule has 1 N–H and O–H groups in total. The quantitative estimate of drug-likeness (QED) is 0.500. The zero-order valence-corrected chi connectivity index (χ0v) is 17.5. The summed E-state index contributed by atoms with van der Waals surface area (Å²) >= 11 is 0. The second-order valence-corrected chi connectivity index (χ2v) is 8.71. The van der Waals surface area contributed by atoms with Gasteiger partial charge < -0.3 is 14.7 Å². The van der Waals surface area contributed by atoms with E-state index in [0.717, 1.165) is 6.07 Å². The molecular weight excluding hydrogens is 410 g/mol. The Morgan fingerprint density at radius 3 is 2.63 bits per heavy atom. The number of anilines is 2. The number of nitrogens with zero attached hydrogens (tertiary/aromatic N) is 3. The van der Waals surface area contributed by atoms with Crippen LogP contribution in [-0.4, -0.2) is 57.4 Å². The molecule has 0 aromatic heterocycles. The number of morpholine rings is 1. The normalized spacial score (nSPS) is 17.0. The van der Waals surface area contributed by atoms with E-state index in [4.69, 9.17) is 4.74 Å². The van der Waals surface area contributed by atoms with Gasteiger partial charge in [-0.05, 0) is 37.6 Å². The van der Waals surface area contributed by atoms with Gasteiger partial charge in [-0.15, -0.1) is 0 Å². The van der Waals surface area contributed by atoms with E-state index in [-0.39, 0.29) is 29.8 Å². The number of hydrogen-bond acceptors (Lipinski definition) is 7. The Bertz CT molecular complexity index is 981. The predicted octanol–water partition coefficient (Wildman–Crippen LogP) is 2.40. The summed E-state index contributed by atoms with van der Waals surface area (Å²) < 4.78 is 33.1. The third-order valence-electron chi connectivity index (χ3n) is 5.06. The monoisotopic (exact) mass is 435 g/mol. The van der Waals surface area contributed by atoms with E-state index in [9.17, 15) is 23.6 Å². The lowest BCUT2D eigenvalue weighted by Gasteiger charge is -2.36. The zero-order valence-electron chi connectivity index (χ0n) is 16.7. The topological polar surface area (TPSA) is 113 Å². The molecule has 1 saturated heterocycles. The van der Waals surface area contributed by atoms with Crippen molar-refractivity contribution in [1.29, 1.82) is 0 Å². The van der Waals surface area contributed by atoms with Crippen LogP contribution < -0.4 is 9.21 Å². The van der Waals surface area contributed by atoms with Crippen molar-refractivity contribution in [3.05, 3.63) is 58.6 Å². The molecule has 0 saturated carbocycles. The van der Waals surface area contributed by atoms with Crippen LogP contribution in [0.25, 0.3) is 0 Å². The first kappa shape index (κ1) is 22.0. The number of aliphatic hydroxyl groups excluding tert-OH is 1. The highest BCUT2D eigenvalue weighted by molar-refractivity contribution is 7.92. The van der Waals surface area contributed by atoms with Crippen molar-refractivity contribution in [2.24, 2.45) is 0 Å². The highest BCUT2D eigenvalue weighted by Crippen LogP contribution is 2.35. The molecule has 0 bridgehead atoms. The molecular formula is C20H25N3O6S. The summed E-state index contributed by atoms with van der Waals surface area (Å²) in [7, 11) is -3.99. The molecule has 1 atom stereocenters. The standard InChI is InChI=1S/C20H25N3O6S/c1-2-22(16-6-4-3-5-7-16)30(27,28)18-8-9-19(20(14-18)23(25)26)21-11-13-29-15-17(21)10-12-24/h3-9,14,17,24H,2,10-13,15H2,1H3/t17-/m0/s1. The molecule has 1 aliphatic rings. The van der Waals surface area contributed by atoms with Gasteiger partial charge in [-0.2, -0.15) is 0 Å². The molecule has 162 valence electrons. The maximum Gasteiger partial charge on any atom is 0.293 e. The number of hydrogen-bond donors (Lipinski definition) is 1. The van der Waals surface area contributed by atoms with E-state index in [0.29, 0.717) is 37.6 Å². The highest BCUT2D eigenvalue weighted by atomic mass is 32.2. The van der Waals surface area contributed by atoms with E-state index in [1.807, 2.05) is 4.90 Å². The fraction of sp³-hybridized carbons (Fsp3) is 0.400. The first-order valence-electron chi connectivity index (χ1n) is 9.71. The van der Waals surface area contributed by atoms with Gasteiger partial charge in [-0.3, -0.25) is 14.4 Å². The number of rotatable bonds is 8. The summed E-state index contributed by atoms with van der Waals surface area (Å²) in [5.74, 6) is 0. The fourth-order valence-corrected chi connectivity index (χ4v) is 5.12. The first-order valence-corrected chi connectivity index (χ1v) is 11.2. The van der Waals surface area contributed by atoms with Crippen LogP contribution in [0.1, 0.15) is 13.3 Å². The molecule has 2 aromatic rings. The maximum absolute atomic E-state index is 13.2. The van der Waals surface area contributed by atoms with Crippen LogP contribution in [0.5, 0.6) is 0 Å². The minimum Gasteiger partial charge on any atom is -0.396 e. The lowest BCUT2D eigenvalue weighted by Crippen LogP contribution is -2.46. The van der Waals surface area contributed by atoms with Crippen LogP contribution in [0.2, 0.25) is 0 Å². The van der Waals surface area contributed by atoms with Gasteiger partial charge in [-0.1, -0.05) is 18.2 Å². The predicted molar refractivity (Wildman–Crippen MR) is 113 cm³/mol. The lowest BCUT2D eigenvalue weighted by molar-refractivity contribution is -0.384. The van der Waals surface area contributed by atoms with Crippen LogP contribution in [-0.2, 0) is 14.8 Å². The van der Waals surface area contributed by atoms with Crippen molar-refractivity contribution in [3.63, 3.8) is 0 Å². The molecule has 0 radical (unpaired) electrons. The summed E-state index contributed by atoms with van der Waals surface area (Å²) in [5.41, 5.74) is 0.524. The van der Waals surface area contributed by atoms with E-state index >= 15 is 0 Å². The van der Waals surface area contributed by atoms with Crippen LogP contribution in [0, 0.1) is 10.1 Å². The van der Waals surface area contributed by atoms with E-state index in [1.165, 1.54) is 16.4 Å². The first-order chi connectivity index (χ1) is 14.4. The Kier molecular flexibility index (Phi) is 6.91. The smallest absolute Gasteiger partial charge is 0.293 e. The number of aliphatic hydroxyl groups is 1. The van der Waals surface area contributed by atoms with E-state index in [2.05, 4.69) is 0 Å². The Morgan fingerprint density at radius 2 is 2.00 bits per heavy atom. The van der Waals surface area contributed by atoms with Crippen molar-refractivity contribution in [3.8, 4) is 0 Å². The second-order valence-electron chi connectivity index (χ2n) is 6.85. The fourth-order valence-electron chi connectivity index (χ4n) is 3.63. The largest absolute Gasteiger partial charge is 0.396 e. The molecule has 0 spiro atoms.